The molecule has 11 heteroatoms. The Labute approximate surface area is 194 Å². The number of rotatable bonds is 5. The number of fused-ring (bicyclic) bond motifs is 2. The first-order chi connectivity index (χ1) is 16.3. The zero-order chi connectivity index (χ0) is 23.9. The fourth-order valence-electron chi connectivity index (χ4n) is 3.56. The average Bonchev–Trinajstić information content (AvgIpc) is 3.30. The van der Waals surface area contributed by atoms with Crippen molar-refractivity contribution in [1.82, 2.24) is 19.5 Å². The smallest absolute Gasteiger partial charge is 0.405 e. The van der Waals surface area contributed by atoms with Gasteiger partial charge in [0, 0.05) is 17.1 Å². The highest BCUT2D eigenvalue weighted by molar-refractivity contribution is 7.16. The number of hydrogen-bond acceptors (Lipinski definition) is 7. The van der Waals surface area contributed by atoms with Gasteiger partial charge in [-0.05, 0) is 48.0 Å². The van der Waals surface area contributed by atoms with E-state index in [1.165, 1.54) is 29.2 Å². The molecule has 3 heterocycles. The number of ether oxygens (including phenoxy) is 1. The molecule has 2 aromatic carbocycles. The Morgan fingerprint density at radius 2 is 1.88 bits per heavy atom. The molecule has 0 unspecified atom stereocenters. The maximum absolute atomic E-state index is 13.7. The van der Waals surface area contributed by atoms with E-state index in [1.807, 2.05) is 18.2 Å². The summed E-state index contributed by atoms with van der Waals surface area (Å²) in [5.41, 5.74) is 3.93. The van der Waals surface area contributed by atoms with Crippen LogP contribution < -0.4 is 15.6 Å². The monoisotopic (exact) mass is 483 g/mol. The average molecular weight is 483 g/mol. The molecule has 172 valence electrons. The summed E-state index contributed by atoms with van der Waals surface area (Å²) in [7, 11) is 1.53. The Morgan fingerprint density at radius 3 is 2.62 bits per heavy atom. The van der Waals surface area contributed by atoms with Crippen molar-refractivity contribution in [3.05, 3.63) is 70.6 Å². The maximum Gasteiger partial charge on any atom is 0.405 e. The molecule has 0 spiro atoms. The first kappa shape index (κ1) is 21.8. The molecule has 0 saturated heterocycles. The molecule has 0 atom stereocenters. The molecule has 0 fully saturated rings. The van der Waals surface area contributed by atoms with Gasteiger partial charge in [-0.25, -0.2) is 9.97 Å². The predicted molar refractivity (Wildman–Crippen MR) is 125 cm³/mol. The summed E-state index contributed by atoms with van der Waals surface area (Å²) in [6, 6.07) is 13.9. The van der Waals surface area contributed by atoms with Crippen molar-refractivity contribution in [1.29, 1.82) is 0 Å². The van der Waals surface area contributed by atoms with E-state index < -0.39 is 12.7 Å². The molecule has 0 saturated carbocycles. The van der Waals surface area contributed by atoms with Gasteiger partial charge in [0.1, 0.15) is 12.3 Å². The van der Waals surface area contributed by atoms with Crippen LogP contribution in [0.4, 0.5) is 19.1 Å². The minimum Gasteiger partial charge on any atom is -0.497 e. The van der Waals surface area contributed by atoms with Crippen molar-refractivity contribution in [2.24, 2.45) is 0 Å². The Hall–Kier alpha value is -3.99. The van der Waals surface area contributed by atoms with Crippen LogP contribution in [0.15, 0.2) is 65.0 Å². The van der Waals surface area contributed by atoms with Crippen LogP contribution in [0, 0.1) is 0 Å². The van der Waals surface area contributed by atoms with Gasteiger partial charge >= 0.3 is 6.18 Å². The van der Waals surface area contributed by atoms with Gasteiger partial charge in [-0.15, -0.1) is 11.3 Å². The molecule has 5 aromatic rings. The highest BCUT2D eigenvalue weighted by Crippen LogP contribution is 2.28. The highest BCUT2D eigenvalue weighted by Gasteiger charge is 2.27. The summed E-state index contributed by atoms with van der Waals surface area (Å²) >= 11 is 1.46. The SMILES string of the molecule is COc1ccc(-n2c(=O)c(-c3ccc4ncsc4c3)cc3cnc(NCC(F)(F)F)nc32)cc1. The van der Waals surface area contributed by atoms with Crippen LogP contribution in [0.2, 0.25) is 0 Å². The van der Waals surface area contributed by atoms with Crippen LogP contribution in [0.5, 0.6) is 5.75 Å². The number of anilines is 1. The number of pyridine rings is 1. The Bertz CT molecular complexity index is 1560. The van der Waals surface area contributed by atoms with Crippen molar-refractivity contribution in [2.45, 2.75) is 6.18 Å². The fraction of sp³-hybridized carbons (Fsp3) is 0.130. The lowest BCUT2D eigenvalue weighted by Gasteiger charge is -2.14. The van der Waals surface area contributed by atoms with Crippen molar-refractivity contribution in [2.75, 3.05) is 19.0 Å². The Morgan fingerprint density at radius 1 is 1.09 bits per heavy atom. The summed E-state index contributed by atoms with van der Waals surface area (Å²) in [6.07, 6.45) is -3.04. The van der Waals surface area contributed by atoms with E-state index in [2.05, 4.69) is 20.3 Å². The van der Waals surface area contributed by atoms with Crippen molar-refractivity contribution >= 4 is 38.5 Å². The largest absolute Gasteiger partial charge is 0.497 e. The molecule has 34 heavy (non-hydrogen) atoms. The number of halogens is 3. The third kappa shape index (κ3) is 4.17. The standard InChI is InChI=1S/C23H16F3N5O2S/c1-33-16-5-3-15(4-6-16)31-20-14(10-27-22(30-20)28-11-23(24,25)26)8-17(21(31)32)13-2-7-18-19(9-13)34-12-29-18/h2-10,12H,11H2,1H3,(H,27,28,30). The van der Waals surface area contributed by atoms with E-state index in [9.17, 15) is 18.0 Å². The molecule has 0 radical (unpaired) electrons. The molecular weight excluding hydrogens is 467 g/mol. The Balaban J connectivity index is 1.72. The van der Waals surface area contributed by atoms with Gasteiger partial charge in [0.05, 0.1) is 28.5 Å². The minimum atomic E-state index is -4.44. The predicted octanol–water partition coefficient (Wildman–Crippen LogP) is 5.04. The molecule has 1 N–H and O–H groups in total. The number of nitrogens with zero attached hydrogens (tertiary/aromatic N) is 4. The molecule has 0 bridgehead atoms. The second-order valence-electron chi connectivity index (χ2n) is 7.37. The summed E-state index contributed by atoms with van der Waals surface area (Å²) in [4.78, 5) is 26.2. The van der Waals surface area contributed by atoms with Crippen molar-refractivity contribution in [3.8, 4) is 22.6 Å². The minimum absolute atomic E-state index is 0.178. The number of aromatic nitrogens is 4. The van der Waals surface area contributed by atoms with Gasteiger partial charge in [-0.3, -0.25) is 9.36 Å². The lowest BCUT2D eigenvalue weighted by molar-refractivity contribution is -0.115. The number of benzene rings is 2. The van der Waals surface area contributed by atoms with Crippen LogP contribution in [0.3, 0.4) is 0 Å². The second-order valence-corrected chi connectivity index (χ2v) is 8.26. The van der Waals surface area contributed by atoms with Gasteiger partial charge in [0.25, 0.3) is 5.56 Å². The highest BCUT2D eigenvalue weighted by atomic mass is 32.1. The van der Waals surface area contributed by atoms with Crippen LogP contribution in [-0.2, 0) is 0 Å². The first-order valence-corrected chi connectivity index (χ1v) is 10.9. The number of thiazole rings is 1. The van der Waals surface area contributed by atoms with Crippen LogP contribution >= 0.6 is 11.3 Å². The molecule has 0 aliphatic carbocycles. The maximum atomic E-state index is 13.7. The summed E-state index contributed by atoms with van der Waals surface area (Å²) in [5, 5.41) is 2.66. The fourth-order valence-corrected chi connectivity index (χ4v) is 4.28. The zero-order valence-electron chi connectivity index (χ0n) is 17.6. The van der Waals surface area contributed by atoms with Crippen LogP contribution in [0.1, 0.15) is 0 Å². The number of nitrogens with one attached hydrogen (secondary N) is 1. The molecule has 7 nitrogen and oxygen atoms in total. The first-order valence-electron chi connectivity index (χ1n) is 10.0. The molecule has 0 amide bonds. The van der Waals surface area contributed by atoms with E-state index in [0.29, 0.717) is 28.0 Å². The number of methoxy groups -OCH3 is 1. The van der Waals surface area contributed by atoms with E-state index >= 15 is 0 Å². The lowest BCUT2D eigenvalue weighted by Crippen LogP contribution is -2.24. The third-order valence-electron chi connectivity index (χ3n) is 5.16. The summed E-state index contributed by atoms with van der Waals surface area (Å²) < 4.78 is 45.5. The number of alkyl halides is 3. The Kier molecular flexibility index (Phi) is 5.40. The van der Waals surface area contributed by atoms with E-state index in [0.717, 1.165) is 10.2 Å². The zero-order valence-corrected chi connectivity index (χ0v) is 18.4. The number of hydrogen-bond donors (Lipinski definition) is 1. The van der Waals surface area contributed by atoms with E-state index in [-0.39, 0.29) is 17.2 Å². The van der Waals surface area contributed by atoms with Crippen molar-refractivity contribution in [3.63, 3.8) is 0 Å². The molecule has 0 aliphatic heterocycles. The van der Waals surface area contributed by atoms with Crippen molar-refractivity contribution < 1.29 is 17.9 Å². The summed E-state index contributed by atoms with van der Waals surface area (Å²) in [5.74, 6) is 0.361. The second kappa shape index (κ2) is 8.41. The van der Waals surface area contributed by atoms with E-state index in [4.69, 9.17) is 4.74 Å². The molecular formula is C23H16F3N5O2S. The summed E-state index contributed by atoms with van der Waals surface area (Å²) in [6.45, 7) is -1.29. The van der Waals surface area contributed by atoms with Gasteiger partial charge in [0.2, 0.25) is 5.95 Å². The molecule has 3 aromatic heterocycles. The third-order valence-corrected chi connectivity index (χ3v) is 5.95. The van der Waals surface area contributed by atoms with E-state index in [1.54, 1.807) is 35.8 Å². The van der Waals surface area contributed by atoms with Gasteiger partial charge in [-0.1, -0.05) is 6.07 Å². The van der Waals surface area contributed by atoms with Gasteiger partial charge < -0.3 is 10.1 Å². The van der Waals surface area contributed by atoms with Crippen LogP contribution in [0.25, 0.3) is 38.1 Å². The molecule has 5 rings (SSSR count). The quantitative estimate of drug-likeness (QED) is 0.377. The van der Waals surface area contributed by atoms with Crippen LogP contribution in [-0.4, -0.2) is 39.3 Å². The molecule has 0 aliphatic rings. The van der Waals surface area contributed by atoms with Gasteiger partial charge in [-0.2, -0.15) is 18.2 Å². The topological polar surface area (TPSA) is 81.9 Å². The lowest BCUT2D eigenvalue weighted by atomic mass is 10.1. The normalized spacial score (nSPS) is 11.8. The van der Waals surface area contributed by atoms with Gasteiger partial charge in [0.15, 0.2) is 5.65 Å².